The van der Waals surface area contributed by atoms with Crippen LogP contribution in [0.3, 0.4) is 0 Å². The number of rotatable bonds is 7. The molecule has 1 rings (SSSR count). The van der Waals surface area contributed by atoms with Gasteiger partial charge in [-0.25, -0.2) is 9.98 Å². The van der Waals surface area contributed by atoms with Gasteiger partial charge in [-0.1, -0.05) is 13.3 Å². The molecule has 0 aliphatic rings. The van der Waals surface area contributed by atoms with Crippen molar-refractivity contribution in [3.8, 4) is 0 Å². The molecular formula is C15H27N5OS. The quantitative estimate of drug-likeness (QED) is 0.471. The van der Waals surface area contributed by atoms with Gasteiger partial charge >= 0.3 is 0 Å². The van der Waals surface area contributed by atoms with Crippen LogP contribution in [0, 0.1) is 6.92 Å². The normalized spacial score (nSPS) is 11.4. The van der Waals surface area contributed by atoms with Gasteiger partial charge in [0.15, 0.2) is 5.96 Å². The van der Waals surface area contributed by atoms with Crippen LogP contribution in [0.1, 0.15) is 30.5 Å². The minimum Gasteiger partial charge on any atom is -0.356 e. The van der Waals surface area contributed by atoms with E-state index in [-0.39, 0.29) is 12.5 Å². The van der Waals surface area contributed by atoms with Crippen molar-refractivity contribution in [2.75, 3.05) is 34.2 Å². The Morgan fingerprint density at radius 3 is 2.68 bits per heavy atom. The van der Waals surface area contributed by atoms with Gasteiger partial charge in [0, 0.05) is 33.1 Å². The lowest BCUT2D eigenvalue weighted by Gasteiger charge is -2.22. The molecule has 1 heterocycles. The molecule has 124 valence electrons. The Morgan fingerprint density at radius 2 is 2.14 bits per heavy atom. The van der Waals surface area contributed by atoms with Gasteiger partial charge in [0.25, 0.3) is 0 Å². The lowest BCUT2D eigenvalue weighted by atomic mass is 10.3. The molecule has 0 aliphatic heterocycles. The largest absolute Gasteiger partial charge is 0.356 e. The minimum atomic E-state index is -0.00676. The summed E-state index contributed by atoms with van der Waals surface area (Å²) in [6.07, 6.45) is 2.19. The fourth-order valence-corrected chi connectivity index (χ4v) is 2.38. The van der Waals surface area contributed by atoms with Crippen LogP contribution in [0.2, 0.25) is 0 Å². The van der Waals surface area contributed by atoms with E-state index in [4.69, 9.17) is 0 Å². The van der Waals surface area contributed by atoms with E-state index >= 15 is 0 Å². The van der Waals surface area contributed by atoms with E-state index in [1.165, 1.54) is 0 Å². The monoisotopic (exact) mass is 325 g/mol. The number of nitrogens with one attached hydrogen (secondary N) is 1. The van der Waals surface area contributed by atoms with E-state index in [9.17, 15) is 4.79 Å². The maximum absolute atomic E-state index is 11.7. The zero-order chi connectivity index (χ0) is 16.5. The number of nitrogens with zero attached hydrogens (tertiary/aromatic N) is 4. The van der Waals surface area contributed by atoms with Crippen molar-refractivity contribution in [1.82, 2.24) is 20.1 Å². The molecule has 0 aliphatic carbocycles. The molecule has 0 radical (unpaired) electrons. The van der Waals surface area contributed by atoms with Crippen LogP contribution in [0.15, 0.2) is 10.4 Å². The van der Waals surface area contributed by atoms with Crippen LogP contribution in [-0.2, 0) is 11.3 Å². The first kappa shape index (κ1) is 18.4. The van der Waals surface area contributed by atoms with Gasteiger partial charge in [-0.15, -0.1) is 11.3 Å². The molecule has 0 saturated carbocycles. The lowest BCUT2D eigenvalue weighted by Crippen LogP contribution is -2.40. The van der Waals surface area contributed by atoms with Crippen molar-refractivity contribution in [2.45, 2.75) is 33.2 Å². The van der Waals surface area contributed by atoms with E-state index in [1.807, 2.05) is 18.9 Å². The minimum absolute atomic E-state index is 0.00676. The second kappa shape index (κ2) is 9.40. The first-order valence-corrected chi connectivity index (χ1v) is 8.42. The molecular weight excluding hydrogens is 298 g/mol. The number of aliphatic imine (C=N–C) groups is 1. The lowest BCUT2D eigenvalue weighted by molar-refractivity contribution is -0.127. The van der Waals surface area contributed by atoms with Gasteiger partial charge in [-0.05, 0) is 13.3 Å². The summed E-state index contributed by atoms with van der Waals surface area (Å²) in [6.45, 7) is 5.83. The highest BCUT2D eigenvalue weighted by Crippen LogP contribution is 2.09. The molecule has 0 unspecified atom stereocenters. The molecule has 1 aromatic rings. The highest BCUT2D eigenvalue weighted by Gasteiger charge is 2.10. The number of likely N-dealkylation sites (N-methyl/N-ethyl adjacent to an activating group) is 1. The SMILES string of the molecule is CCCCNC(=NCC(=O)N(C)C)N(C)Cc1csc(C)n1. The van der Waals surface area contributed by atoms with Gasteiger partial charge in [0.1, 0.15) is 6.54 Å². The zero-order valence-corrected chi connectivity index (χ0v) is 15.0. The highest BCUT2D eigenvalue weighted by molar-refractivity contribution is 7.09. The molecule has 6 nitrogen and oxygen atoms in total. The van der Waals surface area contributed by atoms with Crippen LogP contribution in [0.25, 0.3) is 0 Å². The summed E-state index contributed by atoms with van der Waals surface area (Å²) < 4.78 is 0. The number of aryl methyl sites for hydroxylation is 1. The summed E-state index contributed by atoms with van der Waals surface area (Å²) in [5.41, 5.74) is 1.02. The molecule has 1 aromatic heterocycles. The van der Waals surface area contributed by atoms with E-state index in [1.54, 1.807) is 30.3 Å². The van der Waals surface area contributed by atoms with Crippen molar-refractivity contribution in [2.24, 2.45) is 4.99 Å². The van der Waals surface area contributed by atoms with Crippen molar-refractivity contribution >= 4 is 23.2 Å². The van der Waals surface area contributed by atoms with E-state index in [0.717, 1.165) is 36.0 Å². The molecule has 7 heteroatoms. The molecule has 22 heavy (non-hydrogen) atoms. The third kappa shape index (κ3) is 6.43. The molecule has 0 spiro atoms. The standard InChI is InChI=1S/C15H27N5OS/c1-6-7-8-16-15(17-9-14(21)19(3)4)20(5)10-13-11-22-12(2)18-13/h11H,6-10H2,1-5H3,(H,16,17). The summed E-state index contributed by atoms with van der Waals surface area (Å²) in [7, 11) is 5.44. The van der Waals surface area contributed by atoms with Crippen molar-refractivity contribution in [3.63, 3.8) is 0 Å². The fourth-order valence-electron chi connectivity index (χ4n) is 1.77. The molecule has 0 fully saturated rings. The summed E-state index contributed by atoms with van der Waals surface area (Å²) >= 11 is 1.64. The third-order valence-electron chi connectivity index (χ3n) is 3.10. The second-order valence-electron chi connectivity index (χ2n) is 5.42. The molecule has 0 bridgehead atoms. The van der Waals surface area contributed by atoms with Gasteiger partial charge < -0.3 is 15.1 Å². The number of amides is 1. The van der Waals surface area contributed by atoms with E-state index in [2.05, 4.69) is 27.6 Å². The van der Waals surface area contributed by atoms with Crippen LogP contribution in [0.4, 0.5) is 0 Å². The molecule has 1 N–H and O–H groups in total. The molecule has 1 amide bonds. The van der Waals surface area contributed by atoms with Crippen LogP contribution < -0.4 is 5.32 Å². The summed E-state index contributed by atoms with van der Waals surface area (Å²) in [5.74, 6) is 0.738. The average molecular weight is 325 g/mol. The molecule has 0 saturated heterocycles. The highest BCUT2D eigenvalue weighted by atomic mass is 32.1. The first-order chi connectivity index (χ1) is 10.4. The predicted molar refractivity (Wildman–Crippen MR) is 92.2 cm³/mol. The van der Waals surface area contributed by atoms with Crippen molar-refractivity contribution in [1.29, 1.82) is 0 Å². The van der Waals surface area contributed by atoms with Crippen LogP contribution in [0.5, 0.6) is 0 Å². The Labute approximate surface area is 137 Å². The number of hydrogen-bond donors (Lipinski definition) is 1. The van der Waals surface area contributed by atoms with Crippen LogP contribution in [-0.4, -0.2) is 60.9 Å². The van der Waals surface area contributed by atoms with Gasteiger partial charge in [0.2, 0.25) is 5.91 Å². The topological polar surface area (TPSA) is 60.8 Å². The fraction of sp³-hybridized carbons (Fsp3) is 0.667. The first-order valence-electron chi connectivity index (χ1n) is 7.54. The van der Waals surface area contributed by atoms with E-state index in [0.29, 0.717) is 6.54 Å². The second-order valence-corrected chi connectivity index (χ2v) is 6.48. The van der Waals surface area contributed by atoms with Crippen molar-refractivity contribution < 1.29 is 4.79 Å². The Balaban J connectivity index is 2.69. The number of carbonyl (C=O) groups is 1. The number of unbranched alkanes of at least 4 members (excludes halogenated alkanes) is 1. The van der Waals surface area contributed by atoms with Gasteiger partial charge in [0.05, 0.1) is 17.2 Å². The van der Waals surface area contributed by atoms with E-state index < -0.39 is 0 Å². The maximum Gasteiger partial charge on any atom is 0.243 e. The van der Waals surface area contributed by atoms with Gasteiger partial charge in [-0.3, -0.25) is 4.79 Å². The van der Waals surface area contributed by atoms with Crippen molar-refractivity contribution in [3.05, 3.63) is 16.1 Å². The Morgan fingerprint density at radius 1 is 1.41 bits per heavy atom. The number of carbonyl (C=O) groups excluding carboxylic acids is 1. The summed E-state index contributed by atoms with van der Waals surface area (Å²) in [4.78, 5) is 24.2. The smallest absolute Gasteiger partial charge is 0.243 e. The Kier molecular flexibility index (Phi) is 7.87. The summed E-state index contributed by atoms with van der Waals surface area (Å²) in [5, 5.41) is 6.44. The summed E-state index contributed by atoms with van der Waals surface area (Å²) in [6, 6.07) is 0. The number of hydrogen-bond acceptors (Lipinski definition) is 4. The maximum atomic E-state index is 11.7. The third-order valence-corrected chi connectivity index (χ3v) is 3.93. The molecule has 0 aromatic carbocycles. The average Bonchev–Trinajstić information content (AvgIpc) is 2.87. The predicted octanol–water partition coefficient (Wildman–Crippen LogP) is 1.72. The number of guanidine groups is 1. The number of thiazole rings is 1. The molecule has 0 atom stereocenters. The Hall–Kier alpha value is -1.63. The van der Waals surface area contributed by atoms with Crippen LogP contribution >= 0.6 is 11.3 Å². The van der Waals surface area contributed by atoms with Gasteiger partial charge in [-0.2, -0.15) is 0 Å². The zero-order valence-electron chi connectivity index (χ0n) is 14.2. The number of aromatic nitrogens is 1. The Bertz CT molecular complexity index is 498.